The van der Waals surface area contributed by atoms with Crippen molar-refractivity contribution in [1.82, 2.24) is 35.4 Å². The first-order chi connectivity index (χ1) is 24.8. The summed E-state index contributed by atoms with van der Waals surface area (Å²) in [5.74, 6) is -3.27. The predicted octanol–water partition coefficient (Wildman–Crippen LogP) is 3.94. The molecule has 0 unspecified atom stereocenters. The average Bonchev–Trinajstić information content (AvgIpc) is 3.70. The number of anilines is 3. The summed E-state index contributed by atoms with van der Waals surface area (Å²) >= 11 is 6.02. The summed E-state index contributed by atoms with van der Waals surface area (Å²) in [6.07, 6.45) is -0.468. The van der Waals surface area contributed by atoms with Crippen LogP contribution >= 0.6 is 11.6 Å². The molecule has 2 amide bonds. The zero-order valence-electron chi connectivity index (χ0n) is 27.6. The Balaban J connectivity index is 1.21. The highest BCUT2D eigenvalue weighted by atomic mass is 35.5. The van der Waals surface area contributed by atoms with Gasteiger partial charge in [0.05, 0.1) is 19.2 Å². The number of alkyl halides is 3. The number of nitrogens with zero attached hydrogens (tertiary/aromatic N) is 5. The van der Waals surface area contributed by atoms with Gasteiger partial charge >= 0.3 is 18.2 Å². The predicted molar refractivity (Wildman–Crippen MR) is 180 cm³/mol. The molecule has 2 aromatic carbocycles. The summed E-state index contributed by atoms with van der Waals surface area (Å²) in [5.41, 5.74) is 0.806. The second kappa shape index (κ2) is 16.5. The number of aromatic nitrogens is 5. The summed E-state index contributed by atoms with van der Waals surface area (Å²) < 4.78 is 50.0. The minimum atomic E-state index is -4.64. The molecule has 1 aliphatic rings. The monoisotopic (exact) mass is 743 g/mol. The van der Waals surface area contributed by atoms with Gasteiger partial charge in [-0.3, -0.25) is 19.1 Å². The van der Waals surface area contributed by atoms with Gasteiger partial charge in [-0.25, -0.2) is 4.79 Å². The number of Topliss-reactive ketones (excluding diaryl/α,β-unsaturated/α-hetero) is 1. The molecule has 1 atom stereocenters. The lowest BCUT2D eigenvalue weighted by Gasteiger charge is -2.19. The molecule has 5 rings (SSSR count). The maximum absolute atomic E-state index is 13.0. The van der Waals surface area contributed by atoms with Crippen LogP contribution in [0.3, 0.4) is 0 Å². The van der Waals surface area contributed by atoms with Crippen LogP contribution in [-0.2, 0) is 31.2 Å². The van der Waals surface area contributed by atoms with Crippen molar-refractivity contribution in [3.8, 4) is 6.01 Å². The highest BCUT2D eigenvalue weighted by Gasteiger charge is 2.45. The number of nitrogens with one attached hydrogen (secondary N) is 4. The van der Waals surface area contributed by atoms with Crippen molar-refractivity contribution in [2.24, 2.45) is 0 Å². The SMILES string of the molecule is COC(=O)[C@H](CCC(=O)C(=O)NCCn1cccn1)NC(=O)c1ccc(Nc2nc(NC3(c4ccc(Cl)cc4)CC3)nc(OCC(F)(F)F)n2)cc1. The van der Waals surface area contributed by atoms with E-state index in [4.69, 9.17) is 21.1 Å². The molecule has 1 fully saturated rings. The molecule has 19 heteroatoms. The van der Waals surface area contributed by atoms with Gasteiger partial charge in [0.15, 0.2) is 6.61 Å². The third-order valence-electron chi connectivity index (χ3n) is 7.77. The highest BCUT2D eigenvalue weighted by Crippen LogP contribution is 2.48. The zero-order chi connectivity index (χ0) is 37.3. The van der Waals surface area contributed by atoms with Gasteiger partial charge in [-0.2, -0.15) is 33.2 Å². The number of carbonyl (C=O) groups excluding carboxylic acids is 4. The van der Waals surface area contributed by atoms with Crippen molar-refractivity contribution >= 4 is 52.8 Å². The van der Waals surface area contributed by atoms with E-state index >= 15 is 0 Å². The van der Waals surface area contributed by atoms with Crippen LogP contribution in [0.1, 0.15) is 41.6 Å². The van der Waals surface area contributed by atoms with Gasteiger partial charge in [0.2, 0.25) is 17.7 Å². The maximum Gasteiger partial charge on any atom is 0.422 e. The van der Waals surface area contributed by atoms with Crippen molar-refractivity contribution < 1.29 is 41.8 Å². The van der Waals surface area contributed by atoms with Crippen molar-refractivity contribution in [3.05, 3.63) is 83.1 Å². The summed E-state index contributed by atoms with van der Waals surface area (Å²) in [7, 11) is 1.12. The van der Waals surface area contributed by atoms with E-state index in [-0.39, 0.29) is 36.8 Å². The number of halogens is 4. The highest BCUT2D eigenvalue weighted by molar-refractivity contribution is 6.36. The quantitative estimate of drug-likeness (QED) is 0.0902. The fourth-order valence-electron chi connectivity index (χ4n) is 4.94. The Hall–Kier alpha value is -5.78. The van der Waals surface area contributed by atoms with Crippen LogP contribution in [0.4, 0.5) is 30.8 Å². The van der Waals surface area contributed by atoms with Crippen LogP contribution in [0.5, 0.6) is 6.01 Å². The molecule has 0 radical (unpaired) electrons. The molecule has 4 N–H and O–H groups in total. The number of ether oxygens (including phenoxy) is 2. The number of esters is 1. The minimum Gasteiger partial charge on any atom is -0.467 e. The van der Waals surface area contributed by atoms with Crippen LogP contribution < -0.4 is 26.0 Å². The summed E-state index contributed by atoms with van der Waals surface area (Å²) in [6.45, 7) is -1.10. The Morgan fingerprint density at radius 2 is 1.71 bits per heavy atom. The molecular formula is C33H33ClF3N9O6. The smallest absolute Gasteiger partial charge is 0.422 e. The molecule has 52 heavy (non-hydrogen) atoms. The molecule has 0 spiro atoms. The Labute approximate surface area is 299 Å². The standard InChI is InChI=1S/C33H33ClF3N9O6/c1-51-28(50)24(11-12-25(47)27(49)38-16-18-46-17-2-15-39-46)41-26(48)20-3-9-23(10-4-20)40-29-42-30(44-31(43-29)52-19-33(35,36)37)45-32(13-14-32)21-5-7-22(34)8-6-21/h2-10,15,17,24H,11-14,16,18-19H2,1H3,(H,38,49)(H,41,48)(H2,40,42,43,44,45)/t24-/m0/s1. The molecule has 274 valence electrons. The zero-order valence-corrected chi connectivity index (χ0v) is 28.3. The lowest BCUT2D eigenvalue weighted by atomic mass is 10.1. The second-order valence-corrected chi connectivity index (χ2v) is 12.1. The topological polar surface area (TPSA) is 191 Å². The van der Waals surface area contributed by atoms with E-state index in [1.807, 2.05) is 12.1 Å². The molecule has 4 aromatic rings. The normalized spacial score (nSPS) is 13.7. The first kappa shape index (κ1) is 37.5. The first-order valence-electron chi connectivity index (χ1n) is 15.9. The average molecular weight is 744 g/mol. The molecule has 2 heterocycles. The molecule has 15 nitrogen and oxygen atoms in total. The second-order valence-electron chi connectivity index (χ2n) is 11.6. The van der Waals surface area contributed by atoms with E-state index < -0.39 is 53.9 Å². The number of ketones is 1. The van der Waals surface area contributed by atoms with Gasteiger partial charge in [-0.1, -0.05) is 23.7 Å². The molecule has 1 aliphatic carbocycles. The number of amides is 2. The Kier molecular flexibility index (Phi) is 11.9. The van der Waals surface area contributed by atoms with Gasteiger partial charge < -0.3 is 30.7 Å². The number of rotatable bonds is 17. The van der Waals surface area contributed by atoms with Gasteiger partial charge in [0, 0.05) is 41.6 Å². The third kappa shape index (κ3) is 10.6. The van der Waals surface area contributed by atoms with E-state index in [1.54, 1.807) is 35.3 Å². The Morgan fingerprint density at radius 1 is 1.00 bits per heavy atom. The number of carbonyl (C=O) groups is 4. The van der Waals surface area contributed by atoms with E-state index in [0.29, 0.717) is 30.1 Å². The van der Waals surface area contributed by atoms with Crippen LogP contribution in [0, 0.1) is 0 Å². The fourth-order valence-corrected chi connectivity index (χ4v) is 5.07. The van der Waals surface area contributed by atoms with Gasteiger partial charge in [-0.05, 0) is 67.3 Å². The number of hydrogen-bond acceptors (Lipinski definition) is 12. The first-order valence-corrected chi connectivity index (χ1v) is 16.2. The molecule has 2 aromatic heterocycles. The van der Waals surface area contributed by atoms with Crippen LogP contribution in [0.2, 0.25) is 5.02 Å². The van der Waals surface area contributed by atoms with Gasteiger partial charge in [0.1, 0.15) is 6.04 Å². The Bertz CT molecular complexity index is 1870. The van der Waals surface area contributed by atoms with Crippen molar-refractivity contribution in [3.63, 3.8) is 0 Å². The number of methoxy groups -OCH3 is 1. The molecule has 0 bridgehead atoms. The molecular weight excluding hydrogens is 711 g/mol. The van der Waals surface area contributed by atoms with Crippen LogP contribution in [0.15, 0.2) is 67.0 Å². The number of benzene rings is 2. The van der Waals surface area contributed by atoms with Crippen molar-refractivity contribution in [2.75, 3.05) is 30.9 Å². The lowest BCUT2D eigenvalue weighted by molar-refractivity contribution is -0.154. The molecule has 0 saturated heterocycles. The number of hydrogen-bond donors (Lipinski definition) is 4. The molecule has 1 saturated carbocycles. The largest absolute Gasteiger partial charge is 0.467 e. The fraction of sp³-hybridized carbons (Fsp3) is 0.333. The van der Waals surface area contributed by atoms with E-state index in [1.165, 1.54) is 24.3 Å². The van der Waals surface area contributed by atoms with E-state index in [2.05, 4.69) is 41.3 Å². The minimum absolute atomic E-state index is 0.0304. The summed E-state index contributed by atoms with van der Waals surface area (Å²) in [5, 5.41) is 15.6. The van der Waals surface area contributed by atoms with Crippen molar-refractivity contribution in [2.45, 2.75) is 50.0 Å². The third-order valence-corrected chi connectivity index (χ3v) is 8.02. The van der Waals surface area contributed by atoms with Crippen LogP contribution in [0.25, 0.3) is 0 Å². The van der Waals surface area contributed by atoms with Gasteiger partial charge in [0.25, 0.3) is 11.8 Å². The van der Waals surface area contributed by atoms with E-state index in [9.17, 15) is 32.3 Å². The lowest BCUT2D eigenvalue weighted by Crippen LogP contribution is -2.42. The maximum atomic E-state index is 13.0. The summed E-state index contributed by atoms with van der Waals surface area (Å²) in [6, 6.07) is 12.8. The summed E-state index contributed by atoms with van der Waals surface area (Å²) in [4.78, 5) is 62.3. The van der Waals surface area contributed by atoms with Crippen molar-refractivity contribution in [1.29, 1.82) is 0 Å². The van der Waals surface area contributed by atoms with E-state index in [0.717, 1.165) is 12.7 Å². The van der Waals surface area contributed by atoms with Crippen LogP contribution in [-0.4, -0.2) is 80.8 Å². The van der Waals surface area contributed by atoms with Gasteiger partial charge in [-0.15, -0.1) is 0 Å². The molecule has 0 aliphatic heterocycles. The Morgan fingerprint density at radius 3 is 2.35 bits per heavy atom.